The van der Waals surface area contributed by atoms with Gasteiger partial charge in [0.2, 0.25) is 5.82 Å². The molecule has 122 valence electrons. The zero-order valence-corrected chi connectivity index (χ0v) is 11.0. The molecule has 23 heavy (non-hydrogen) atoms. The fourth-order valence-electron chi connectivity index (χ4n) is 1.77. The molecule has 0 aromatic heterocycles. The van der Waals surface area contributed by atoms with E-state index < -0.39 is 46.4 Å². The number of halogens is 8. The van der Waals surface area contributed by atoms with E-state index in [9.17, 15) is 35.1 Å². The topological polar surface area (TPSA) is 0 Å². The van der Waals surface area contributed by atoms with E-state index in [-0.39, 0.29) is 5.56 Å². The quantitative estimate of drug-likeness (QED) is 0.291. The average Bonchev–Trinajstić information content (AvgIpc) is 2.50. The van der Waals surface area contributed by atoms with Crippen LogP contribution in [0.1, 0.15) is 16.7 Å². The first kappa shape index (κ1) is 17.0. The van der Waals surface area contributed by atoms with Gasteiger partial charge in [0.25, 0.3) is 0 Å². The summed E-state index contributed by atoms with van der Waals surface area (Å²) in [6.45, 7) is 0. The minimum Gasteiger partial charge on any atom is -0.203 e. The van der Waals surface area contributed by atoms with E-state index in [0.717, 1.165) is 18.2 Å². The molecular formula is C15H6F8. The van der Waals surface area contributed by atoms with Crippen LogP contribution in [0.15, 0.2) is 24.3 Å². The van der Waals surface area contributed by atoms with Crippen molar-refractivity contribution in [1.29, 1.82) is 0 Å². The van der Waals surface area contributed by atoms with Crippen LogP contribution in [0.4, 0.5) is 35.1 Å². The van der Waals surface area contributed by atoms with Crippen LogP contribution >= 0.6 is 0 Å². The first-order chi connectivity index (χ1) is 10.6. The zero-order chi connectivity index (χ0) is 17.4. The number of hydrogen-bond donors (Lipinski definition) is 0. The van der Waals surface area contributed by atoms with Gasteiger partial charge in [-0.25, -0.2) is 22.0 Å². The van der Waals surface area contributed by atoms with E-state index in [1.807, 2.05) is 0 Å². The highest BCUT2D eigenvalue weighted by molar-refractivity contribution is 5.70. The van der Waals surface area contributed by atoms with Crippen LogP contribution in [-0.4, -0.2) is 0 Å². The number of rotatable bonds is 2. The Kier molecular flexibility index (Phi) is 4.44. The summed E-state index contributed by atoms with van der Waals surface area (Å²) in [6, 6.07) is 3.66. The lowest BCUT2D eigenvalue weighted by molar-refractivity contribution is -0.137. The molecule has 0 saturated carbocycles. The highest BCUT2D eigenvalue weighted by atomic mass is 19.4. The summed E-state index contributed by atoms with van der Waals surface area (Å²) in [5.41, 5.74) is -2.38. The van der Waals surface area contributed by atoms with Gasteiger partial charge in [-0.2, -0.15) is 13.2 Å². The first-order valence-electron chi connectivity index (χ1n) is 5.99. The maximum absolute atomic E-state index is 13.4. The van der Waals surface area contributed by atoms with Gasteiger partial charge in [-0.1, -0.05) is 18.2 Å². The molecule has 0 N–H and O–H groups in total. The molecule has 0 nitrogen and oxygen atoms in total. The molecule has 0 spiro atoms. The number of hydrogen-bond acceptors (Lipinski definition) is 0. The summed E-state index contributed by atoms with van der Waals surface area (Å²) in [6.07, 6.45) is -3.30. The van der Waals surface area contributed by atoms with Crippen LogP contribution in [0.5, 0.6) is 0 Å². The summed E-state index contributed by atoms with van der Waals surface area (Å²) >= 11 is 0. The Bertz CT molecular complexity index is 745. The normalized spacial score (nSPS) is 12.2. The molecule has 8 heteroatoms. The fourth-order valence-corrected chi connectivity index (χ4v) is 1.77. The Morgan fingerprint density at radius 2 is 1.22 bits per heavy atom. The van der Waals surface area contributed by atoms with Crippen molar-refractivity contribution in [2.75, 3.05) is 0 Å². The lowest BCUT2D eigenvalue weighted by Crippen LogP contribution is -2.04. The molecule has 0 atom stereocenters. The third kappa shape index (κ3) is 3.35. The van der Waals surface area contributed by atoms with Gasteiger partial charge in [0, 0.05) is 0 Å². The monoisotopic (exact) mass is 338 g/mol. The van der Waals surface area contributed by atoms with Crippen LogP contribution in [-0.2, 0) is 6.18 Å². The predicted molar refractivity (Wildman–Crippen MR) is 66.6 cm³/mol. The highest BCUT2D eigenvalue weighted by Gasteiger charge is 2.30. The molecule has 0 unspecified atom stereocenters. The van der Waals surface area contributed by atoms with Crippen LogP contribution < -0.4 is 0 Å². The second-order valence-electron chi connectivity index (χ2n) is 4.44. The van der Waals surface area contributed by atoms with Crippen molar-refractivity contribution in [3.63, 3.8) is 0 Å². The molecular weight excluding hydrogens is 332 g/mol. The van der Waals surface area contributed by atoms with Gasteiger partial charge in [-0.05, 0) is 23.8 Å². The molecule has 0 aliphatic carbocycles. The van der Waals surface area contributed by atoms with E-state index in [2.05, 4.69) is 0 Å². The SMILES string of the molecule is Fc1c(F)c(F)c(C=Cc2cccc(C(F)(F)F)c2)c(F)c1F. The van der Waals surface area contributed by atoms with E-state index in [1.165, 1.54) is 6.07 Å². The Hall–Kier alpha value is -2.38. The molecule has 0 aliphatic rings. The van der Waals surface area contributed by atoms with Crippen molar-refractivity contribution in [1.82, 2.24) is 0 Å². The molecule has 2 aromatic carbocycles. The highest BCUT2D eigenvalue weighted by Crippen LogP contribution is 2.30. The number of alkyl halides is 3. The van der Waals surface area contributed by atoms with E-state index in [0.29, 0.717) is 12.1 Å². The maximum Gasteiger partial charge on any atom is 0.416 e. The zero-order valence-electron chi connectivity index (χ0n) is 11.0. The molecule has 0 heterocycles. The third-order valence-corrected chi connectivity index (χ3v) is 2.90. The average molecular weight is 338 g/mol. The first-order valence-corrected chi connectivity index (χ1v) is 5.99. The lowest BCUT2D eigenvalue weighted by atomic mass is 10.1. The second-order valence-corrected chi connectivity index (χ2v) is 4.44. The summed E-state index contributed by atoms with van der Waals surface area (Å²) < 4.78 is 103. The Morgan fingerprint density at radius 3 is 1.74 bits per heavy atom. The van der Waals surface area contributed by atoms with Gasteiger partial charge in [-0.3, -0.25) is 0 Å². The van der Waals surface area contributed by atoms with E-state index in [1.54, 1.807) is 0 Å². The smallest absolute Gasteiger partial charge is 0.203 e. The molecule has 2 aromatic rings. The van der Waals surface area contributed by atoms with Crippen molar-refractivity contribution >= 4 is 12.2 Å². The van der Waals surface area contributed by atoms with Crippen molar-refractivity contribution < 1.29 is 35.1 Å². The predicted octanol–water partition coefficient (Wildman–Crippen LogP) is 5.57. The second kappa shape index (κ2) is 6.02. The molecule has 0 aliphatic heterocycles. The Morgan fingerprint density at radius 1 is 0.696 bits per heavy atom. The minimum atomic E-state index is -4.63. The van der Waals surface area contributed by atoms with Crippen molar-refractivity contribution in [2.45, 2.75) is 6.18 Å². The van der Waals surface area contributed by atoms with E-state index >= 15 is 0 Å². The van der Waals surface area contributed by atoms with Crippen molar-refractivity contribution in [3.8, 4) is 0 Å². The molecule has 0 amide bonds. The maximum atomic E-state index is 13.4. The van der Waals surface area contributed by atoms with Crippen LogP contribution in [0.2, 0.25) is 0 Å². The Labute approximate surface area is 124 Å². The van der Waals surface area contributed by atoms with Gasteiger partial charge in [-0.15, -0.1) is 0 Å². The summed E-state index contributed by atoms with van der Waals surface area (Å²) in [5.74, 6) is -10.7. The van der Waals surface area contributed by atoms with Crippen LogP contribution in [0.3, 0.4) is 0 Å². The largest absolute Gasteiger partial charge is 0.416 e. The van der Waals surface area contributed by atoms with Gasteiger partial charge < -0.3 is 0 Å². The van der Waals surface area contributed by atoms with Crippen LogP contribution in [0.25, 0.3) is 12.2 Å². The molecule has 0 bridgehead atoms. The molecule has 0 saturated heterocycles. The standard InChI is InChI=1S/C15H6F8/c16-10-9(11(17)13(19)14(20)12(10)18)5-4-7-2-1-3-8(6-7)15(21,22)23/h1-6H. The summed E-state index contributed by atoms with van der Waals surface area (Å²) in [4.78, 5) is 0. The Balaban J connectivity index is 2.46. The van der Waals surface area contributed by atoms with Gasteiger partial charge in [0.05, 0.1) is 11.1 Å². The summed E-state index contributed by atoms with van der Waals surface area (Å²) in [5, 5.41) is 0. The number of benzene rings is 2. The van der Waals surface area contributed by atoms with Crippen molar-refractivity contribution in [2.24, 2.45) is 0 Å². The minimum absolute atomic E-state index is 0.122. The summed E-state index contributed by atoms with van der Waals surface area (Å²) in [7, 11) is 0. The van der Waals surface area contributed by atoms with Gasteiger partial charge in [0.1, 0.15) is 0 Å². The van der Waals surface area contributed by atoms with E-state index in [4.69, 9.17) is 0 Å². The van der Waals surface area contributed by atoms with Crippen LogP contribution in [0, 0.1) is 29.1 Å². The van der Waals surface area contributed by atoms with Crippen molar-refractivity contribution in [3.05, 3.63) is 70.0 Å². The molecule has 0 fully saturated rings. The molecule has 2 rings (SSSR count). The lowest BCUT2D eigenvalue weighted by Gasteiger charge is -2.07. The van der Waals surface area contributed by atoms with Gasteiger partial charge in [0.15, 0.2) is 23.3 Å². The fraction of sp³-hybridized carbons (Fsp3) is 0.0667. The van der Waals surface area contributed by atoms with Gasteiger partial charge >= 0.3 is 6.18 Å². The third-order valence-electron chi connectivity index (χ3n) is 2.90. The molecule has 0 radical (unpaired) electrons.